The number of carbonyl (C=O) groups excluding carboxylic acids is 1. The quantitative estimate of drug-likeness (QED) is 0.461. The Morgan fingerprint density at radius 1 is 1.21 bits per heavy atom. The standard InChI is InChI=1S/C18H27N5O/c1-4-19-18(21-14-17(24)22(2)3)20-11-7-12-23-13-10-15-8-5-6-9-16(15)23/h5-6,8-10,13H,4,7,11-12,14H2,1-3H3,(H2,19,20,21). The Hall–Kier alpha value is -2.50. The van der Waals surface area contributed by atoms with Crippen LogP contribution in [0.5, 0.6) is 0 Å². The third kappa shape index (κ3) is 5.01. The van der Waals surface area contributed by atoms with Gasteiger partial charge in [-0.1, -0.05) is 18.2 Å². The molecule has 130 valence electrons. The van der Waals surface area contributed by atoms with Crippen LogP contribution in [-0.2, 0) is 11.3 Å². The Bertz CT molecular complexity index is 690. The van der Waals surface area contributed by atoms with Gasteiger partial charge in [0.05, 0.1) is 0 Å². The minimum atomic E-state index is -0.00832. The van der Waals surface area contributed by atoms with Gasteiger partial charge >= 0.3 is 0 Å². The number of nitrogens with zero attached hydrogens (tertiary/aromatic N) is 3. The molecule has 0 atom stereocenters. The number of aryl methyl sites for hydroxylation is 1. The van der Waals surface area contributed by atoms with E-state index in [-0.39, 0.29) is 12.5 Å². The van der Waals surface area contributed by atoms with Crippen molar-refractivity contribution in [3.63, 3.8) is 0 Å². The number of likely N-dealkylation sites (N-methyl/N-ethyl adjacent to an activating group) is 1. The summed E-state index contributed by atoms with van der Waals surface area (Å²) in [6.45, 7) is 4.68. The predicted molar refractivity (Wildman–Crippen MR) is 99.2 cm³/mol. The number of nitrogens with one attached hydrogen (secondary N) is 2. The zero-order chi connectivity index (χ0) is 17.4. The highest BCUT2D eigenvalue weighted by atomic mass is 16.2. The topological polar surface area (TPSA) is 61.7 Å². The van der Waals surface area contributed by atoms with Crippen LogP contribution in [0.4, 0.5) is 0 Å². The number of rotatable bonds is 7. The minimum absolute atomic E-state index is 0.00832. The number of aromatic nitrogens is 1. The normalized spacial score (nSPS) is 11.5. The highest BCUT2D eigenvalue weighted by molar-refractivity contribution is 5.84. The van der Waals surface area contributed by atoms with E-state index in [4.69, 9.17) is 0 Å². The molecule has 2 rings (SSSR count). The van der Waals surface area contributed by atoms with Crippen molar-refractivity contribution in [2.75, 3.05) is 33.7 Å². The molecule has 1 aromatic carbocycles. The molecule has 2 aromatic rings. The molecule has 1 amide bonds. The van der Waals surface area contributed by atoms with Crippen molar-refractivity contribution in [2.24, 2.45) is 4.99 Å². The number of amides is 1. The summed E-state index contributed by atoms with van der Waals surface area (Å²) in [4.78, 5) is 17.5. The van der Waals surface area contributed by atoms with E-state index < -0.39 is 0 Å². The maximum Gasteiger partial charge on any atom is 0.243 e. The Kier molecular flexibility index (Phi) is 6.66. The molecule has 0 saturated heterocycles. The number of carbonyl (C=O) groups is 1. The summed E-state index contributed by atoms with van der Waals surface area (Å²) in [6, 6.07) is 10.5. The molecular weight excluding hydrogens is 302 g/mol. The Balaban J connectivity index is 1.82. The largest absolute Gasteiger partial charge is 0.357 e. The number of benzene rings is 1. The smallest absolute Gasteiger partial charge is 0.243 e. The van der Waals surface area contributed by atoms with Crippen LogP contribution in [-0.4, -0.2) is 55.1 Å². The van der Waals surface area contributed by atoms with Gasteiger partial charge in [0, 0.05) is 45.4 Å². The molecule has 6 nitrogen and oxygen atoms in total. The van der Waals surface area contributed by atoms with Crippen LogP contribution in [0.15, 0.2) is 41.5 Å². The molecule has 0 radical (unpaired) electrons. The lowest BCUT2D eigenvalue weighted by Crippen LogP contribution is -2.39. The summed E-state index contributed by atoms with van der Waals surface area (Å²) in [5.74, 6) is 0.677. The summed E-state index contributed by atoms with van der Waals surface area (Å²) in [7, 11) is 3.47. The van der Waals surface area contributed by atoms with Crippen molar-refractivity contribution in [3.05, 3.63) is 36.5 Å². The third-order valence-corrected chi connectivity index (χ3v) is 3.76. The second-order valence-corrected chi connectivity index (χ2v) is 5.83. The zero-order valence-corrected chi connectivity index (χ0v) is 14.7. The highest BCUT2D eigenvalue weighted by Crippen LogP contribution is 2.15. The van der Waals surface area contributed by atoms with Gasteiger partial charge in [-0.3, -0.25) is 4.79 Å². The Morgan fingerprint density at radius 3 is 2.75 bits per heavy atom. The number of hydrogen-bond donors (Lipinski definition) is 2. The molecule has 0 aliphatic carbocycles. The monoisotopic (exact) mass is 329 g/mol. The van der Waals surface area contributed by atoms with Gasteiger partial charge < -0.3 is 20.1 Å². The van der Waals surface area contributed by atoms with Crippen molar-refractivity contribution >= 4 is 22.8 Å². The van der Waals surface area contributed by atoms with Gasteiger partial charge in [-0.05, 0) is 30.9 Å². The van der Waals surface area contributed by atoms with Crippen LogP contribution >= 0.6 is 0 Å². The fourth-order valence-corrected chi connectivity index (χ4v) is 2.42. The predicted octanol–water partition coefficient (Wildman–Crippen LogP) is 1.67. The SMILES string of the molecule is CCNC(=NCC(=O)N(C)C)NCCCn1ccc2ccccc21. The molecule has 0 unspecified atom stereocenters. The van der Waals surface area contributed by atoms with Crippen LogP contribution in [0.25, 0.3) is 10.9 Å². The van der Waals surface area contributed by atoms with Crippen LogP contribution in [0.1, 0.15) is 13.3 Å². The summed E-state index contributed by atoms with van der Waals surface area (Å²) < 4.78 is 2.26. The molecule has 0 spiro atoms. The van der Waals surface area contributed by atoms with E-state index in [0.717, 1.165) is 26.1 Å². The highest BCUT2D eigenvalue weighted by Gasteiger charge is 2.04. The van der Waals surface area contributed by atoms with E-state index in [1.165, 1.54) is 10.9 Å². The zero-order valence-electron chi connectivity index (χ0n) is 14.7. The lowest BCUT2D eigenvalue weighted by atomic mass is 10.2. The Morgan fingerprint density at radius 2 is 2.00 bits per heavy atom. The second-order valence-electron chi connectivity index (χ2n) is 5.83. The number of hydrogen-bond acceptors (Lipinski definition) is 2. The molecule has 1 aromatic heterocycles. The summed E-state index contributed by atoms with van der Waals surface area (Å²) in [5.41, 5.74) is 1.26. The van der Waals surface area contributed by atoms with Crippen molar-refractivity contribution in [1.29, 1.82) is 0 Å². The summed E-state index contributed by atoms with van der Waals surface area (Å²) in [5, 5.41) is 7.71. The van der Waals surface area contributed by atoms with Gasteiger partial charge in [0.2, 0.25) is 5.91 Å². The van der Waals surface area contributed by atoms with Crippen molar-refractivity contribution in [1.82, 2.24) is 20.1 Å². The third-order valence-electron chi connectivity index (χ3n) is 3.76. The first-order valence-corrected chi connectivity index (χ1v) is 8.38. The van der Waals surface area contributed by atoms with Crippen LogP contribution in [0, 0.1) is 0 Å². The first-order valence-electron chi connectivity index (χ1n) is 8.38. The van der Waals surface area contributed by atoms with E-state index in [1.54, 1.807) is 19.0 Å². The van der Waals surface area contributed by atoms with E-state index in [2.05, 4.69) is 56.7 Å². The van der Waals surface area contributed by atoms with Crippen molar-refractivity contribution in [3.8, 4) is 0 Å². The van der Waals surface area contributed by atoms with Crippen molar-refractivity contribution in [2.45, 2.75) is 19.9 Å². The molecule has 6 heteroatoms. The van der Waals surface area contributed by atoms with E-state index in [0.29, 0.717) is 5.96 Å². The average Bonchev–Trinajstić information content (AvgIpc) is 2.99. The molecule has 2 N–H and O–H groups in total. The fraction of sp³-hybridized carbons (Fsp3) is 0.444. The van der Waals surface area contributed by atoms with E-state index in [1.807, 2.05) is 6.92 Å². The lowest BCUT2D eigenvalue weighted by molar-refractivity contribution is -0.127. The summed E-state index contributed by atoms with van der Waals surface area (Å²) >= 11 is 0. The molecule has 0 aliphatic rings. The molecular formula is C18H27N5O. The fourth-order valence-electron chi connectivity index (χ4n) is 2.42. The van der Waals surface area contributed by atoms with Gasteiger partial charge in [0.15, 0.2) is 5.96 Å². The van der Waals surface area contributed by atoms with Crippen LogP contribution < -0.4 is 10.6 Å². The van der Waals surface area contributed by atoms with E-state index >= 15 is 0 Å². The molecule has 0 bridgehead atoms. The molecule has 24 heavy (non-hydrogen) atoms. The first kappa shape index (κ1) is 17.8. The van der Waals surface area contributed by atoms with Crippen LogP contribution in [0.3, 0.4) is 0 Å². The van der Waals surface area contributed by atoms with Gasteiger partial charge in [0.25, 0.3) is 0 Å². The number of fused-ring (bicyclic) bond motifs is 1. The molecule has 0 fully saturated rings. The molecule has 0 saturated carbocycles. The second kappa shape index (κ2) is 8.96. The van der Waals surface area contributed by atoms with E-state index in [9.17, 15) is 4.79 Å². The molecule has 0 aliphatic heterocycles. The van der Waals surface area contributed by atoms with Gasteiger partial charge in [-0.2, -0.15) is 0 Å². The van der Waals surface area contributed by atoms with Crippen LogP contribution in [0.2, 0.25) is 0 Å². The number of guanidine groups is 1. The maximum absolute atomic E-state index is 11.6. The Labute approximate surface area is 143 Å². The minimum Gasteiger partial charge on any atom is -0.357 e. The van der Waals surface area contributed by atoms with Gasteiger partial charge in [0.1, 0.15) is 6.54 Å². The number of para-hydroxylation sites is 1. The number of aliphatic imine (C=N–C) groups is 1. The van der Waals surface area contributed by atoms with Crippen molar-refractivity contribution < 1.29 is 4.79 Å². The average molecular weight is 329 g/mol. The summed E-state index contributed by atoms with van der Waals surface area (Å²) in [6.07, 6.45) is 3.10. The maximum atomic E-state index is 11.6. The lowest BCUT2D eigenvalue weighted by Gasteiger charge is -2.13. The first-order chi connectivity index (χ1) is 11.6. The molecule has 1 heterocycles. The van der Waals surface area contributed by atoms with Gasteiger partial charge in [-0.25, -0.2) is 4.99 Å². The van der Waals surface area contributed by atoms with Gasteiger partial charge in [-0.15, -0.1) is 0 Å².